The maximum Gasteiger partial charge on any atom is 0.272 e. The van der Waals surface area contributed by atoms with Crippen LogP contribution >= 0.6 is 15.9 Å². The van der Waals surface area contributed by atoms with Crippen molar-refractivity contribution in [3.8, 4) is 0 Å². The molecule has 0 aliphatic carbocycles. The van der Waals surface area contributed by atoms with Gasteiger partial charge in [0.1, 0.15) is 17.1 Å². The first-order chi connectivity index (χ1) is 19.4. The van der Waals surface area contributed by atoms with E-state index in [0.717, 1.165) is 0 Å². The van der Waals surface area contributed by atoms with Crippen LogP contribution in [0.5, 0.6) is 0 Å². The van der Waals surface area contributed by atoms with Gasteiger partial charge in [0.2, 0.25) is 0 Å². The Bertz CT molecular complexity index is 1510. The van der Waals surface area contributed by atoms with Crippen LogP contribution in [0, 0.1) is 0 Å². The number of rotatable bonds is 10. The number of aryl methyl sites for hydroxylation is 3. The SMILES string of the molecule is C=C(Br)C(=O)Nc1cc(C(=O)Nc2cc(C(=O)Nc3cc(C(=O)NCCNC(=NC)NC)n(C)c3)n(C)c2)n(C)c1. The number of hydrogen-bond donors (Lipinski definition) is 6. The van der Waals surface area contributed by atoms with Crippen molar-refractivity contribution >= 4 is 62.6 Å². The Morgan fingerprint density at radius 3 is 1.59 bits per heavy atom. The van der Waals surface area contributed by atoms with Gasteiger partial charge in [0.15, 0.2) is 5.96 Å². The van der Waals surface area contributed by atoms with Gasteiger partial charge in [-0.25, -0.2) is 0 Å². The van der Waals surface area contributed by atoms with E-state index in [1.165, 1.54) is 12.1 Å². The highest BCUT2D eigenvalue weighted by molar-refractivity contribution is 9.12. The summed E-state index contributed by atoms with van der Waals surface area (Å²) in [4.78, 5) is 54.3. The molecule has 14 nitrogen and oxygen atoms in total. The molecule has 3 aromatic heterocycles. The van der Waals surface area contributed by atoms with Crippen molar-refractivity contribution < 1.29 is 19.2 Å². The van der Waals surface area contributed by atoms with E-state index in [1.54, 1.807) is 73.6 Å². The fourth-order valence-electron chi connectivity index (χ4n) is 3.89. The molecule has 15 heteroatoms. The zero-order valence-electron chi connectivity index (χ0n) is 23.4. The molecule has 0 fully saturated rings. The molecule has 0 spiro atoms. The summed E-state index contributed by atoms with van der Waals surface area (Å²) < 4.78 is 4.92. The van der Waals surface area contributed by atoms with Crippen molar-refractivity contribution in [1.82, 2.24) is 29.7 Å². The van der Waals surface area contributed by atoms with Crippen LogP contribution in [0.1, 0.15) is 31.5 Å². The summed E-state index contributed by atoms with van der Waals surface area (Å²) in [5, 5.41) is 16.9. The Labute approximate surface area is 245 Å². The zero-order chi connectivity index (χ0) is 30.3. The highest BCUT2D eigenvalue weighted by atomic mass is 79.9. The number of nitrogens with one attached hydrogen (secondary N) is 6. The van der Waals surface area contributed by atoms with Gasteiger partial charge in [-0.3, -0.25) is 24.2 Å². The number of carbonyl (C=O) groups is 4. The van der Waals surface area contributed by atoms with Crippen molar-refractivity contribution in [1.29, 1.82) is 0 Å². The second-order valence-corrected chi connectivity index (χ2v) is 9.90. The molecule has 41 heavy (non-hydrogen) atoms. The molecule has 218 valence electrons. The highest BCUT2D eigenvalue weighted by Gasteiger charge is 2.19. The second kappa shape index (κ2) is 13.5. The fourth-order valence-corrected chi connectivity index (χ4v) is 3.99. The predicted molar refractivity (Wildman–Crippen MR) is 162 cm³/mol. The first-order valence-electron chi connectivity index (χ1n) is 12.4. The Morgan fingerprint density at radius 2 is 1.17 bits per heavy atom. The van der Waals surface area contributed by atoms with E-state index < -0.39 is 17.7 Å². The molecule has 0 bridgehead atoms. The molecular weight excluding hydrogens is 596 g/mol. The number of halogens is 1. The van der Waals surface area contributed by atoms with Gasteiger partial charge in [-0.2, -0.15) is 0 Å². The third-order valence-electron chi connectivity index (χ3n) is 5.90. The van der Waals surface area contributed by atoms with E-state index in [-0.39, 0.29) is 16.1 Å². The van der Waals surface area contributed by atoms with Crippen LogP contribution in [0.15, 0.2) is 52.8 Å². The van der Waals surface area contributed by atoms with Gasteiger partial charge in [0.25, 0.3) is 23.6 Å². The number of guanidine groups is 1. The normalized spacial score (nSPS) is 11.0. The molecule has 0 saturated carbocycles. The third-order valence-corrected chi connectivity index (χ3v) is 6.26. The maximum absolute atomic E-state index is 13.0. The van der Waals surface area contributed by atoms with Crippen LogP contribution in [0.2, 0.25) is 0 Å². The van der Waals surface area contributed by atoms with Crippen molar-refractivity contribution in [3.63, 3.8) is 0 Å². The van der Waals surface area contributed by atoms with Gasteiger partial charge in [0, 0.05) is 66.9 Å². The molecular formula is C26H33BrN10O4. The quantitative estimate of drug-likeness (QED) is 0.0862. The van der Waals surface area contributed by atoms with Gasteiger partial charge in [-0.15, -0.1) is 0 Å². The first kappa shape index (κ1) is 30.7. The smallest absolute Gasteiger partial charge is 0.272 e. The lowest BCUT2D eigenvalue weighted by Gasteiger charge is -2.09. The Kier molecular flexibility index (Phi) is 10.1. The van der Waals surface area contributed by atoms with E-state index in [9.17, 15) is 19.2 Å². The summed E-state index contributed by atoms with van der Waals surface area (Å²) in [5.74, 6) is -0.957. The largest absolute Gasteiger partial charge is 0.359 e. The van der Waals surface area contributed by atoms with E-state index >= 15 is 0 Å². The van der Waals surface area contributed by atoms with Gasteiger partial charge in [0.05, 0.1) is 21.5 Å². The number of carbonyl (C=O) groups excluding carboxylic acids is 4. The van der Waals surface area contributed by atoms with E-state index in [2.05, 4.69) is 59.4 Å². The number of aromatic nitrogens is 3. The second-order valence-electron chi connectivity index (χ2n) is 8.95. The van der Waals surface area contributed by atoms with Gasteiger partial charge in [-0.05, 0) is 34.1 Å². The maximum atomic E-state index is 13.0. The van der Waals surface area contributed by atoms with E-state index in [0.29, 0.717) is 47.5 Å². The van der Waals surface area contributed by atoms with Crippen molar-refractivity contribution in [3.05, 3.63) is 64.9 Å². The molecule has 0 atom stereocenters. The Balaban J connectivity index is 1.61. The molecule has 0 saturated heterocycles. The molecule has 3 heterocycles. The molecule has 3 aromatic rings. The van der Waals surface area contributed by atoms with Crippen LogP contribution in [0.4, 0.5) is 17.1 Å². The summed E-state index contributed by atoms with van der Waals surface area (Å²) >= 11 is 3.01. The number of hydrogen-bond acceptors (Lipinski definition) is 5. The standard InChI is InChI=1S/C26H33BrN10O4/c1-15(27)22(38)32-16-10-20(36(5)12-16)24(40)34-18-11-21(37(6)14-18)25(41)33-17-9-19(35(4)13-17)23(39)30-7-8-31-26(28-2)29-3/h9-14H,1,7-8H2,2-6H3,(H,30,39)(H,32,38)(H,33,41)(H,34,40)(H2,28,29,31). The molecule has 0 aliphatic heterocycles. The molecule has 0 aliphatic rings. The Morgan fingerprint density at radius 1 is 0.756 bits per heavy atom. The fraction of sp³-hybridized carbons (Fsp3) is 0.269. The summed E-state index contributed by atoms with van der Waals surface area (Å²) in [6, 6.07) is 4.64. The topological polar surface area (TPSA) is 168 Å². The van der Waals surface area contributed by atoms with Crippen LogP contribution in [0.3, 0.4) is 0 Å². The minimum absolute atomic E-state index is 0.159. The average Bonchev–Trinajstić information content (AvgIpc) is 3.59. The monoisotopic (exact) mass is 628 g/mol. The molecule has 4 amide bonds. The molecule has 6 N–H and O–H groups in total. The van der Waals surface area contributed by atoms with Crippen molar-refractivity contribution in [2.45, 2.75) is 0 Å². The first-order valence-corrected chi connectivity index (χ1v) is 13.2. The van der Waals surface area contributed by atoms with Crippen LogP contribution in [0.25, 0.3) is 0 Å². The summed E-state index contributed by atoms with van der Waals surface area (Å²) in [7, 11) is 8.45. The minimum atomic E-state index is -0.429. The number of aliphatic imine (C=N–C) groups is 1. The Hall–Kier alpha value is -4.79. The van der Waals surface area contributed by atoms with Gasteiger partial charge >= 0.3 is 0 Å². The number of amides is 4. The lowest BCUT2D eigenvalue weighted by Crippen LogP contribution is -2.40. The van der Waals surface area contributed by atoms with E-state index in [1.807, 2.05) is 0 Å². The van der Waals surface area contributed by atoms with E-state index in [4.69, 9.17) is 0 Å². The van der Waals surface area contributed by atoms with Gasteiger partial charge in [-0.1, -0.05) is 6.58 Å². The van der Waals surface area contributed by atoms with Crippen LogP contribution in [-0.4, -0.2) is 70.5 Å². The van der Waals surface area contributed by atoms with Crippen molar-refractivity contribution in [2.75, 3.05) is 43.1 Å². The lowest BCUT2D eigenvalue weighted by molar-refractivity contribution is -0.112. The van der Waals surface area contributed by atoms with Crippen LogP contribution in [-0.2, 0) is 25.9 Å². The number of anilines is 3. The van der Waals surface area contributed by atoms with Crippen LogP contribution < -0.4 is 31.9 Å². The molecule has 0 aromatic carbocycles. The molecule has 3 rings (SSSR count). The van der Waals surface area contributed by atoms with Crippen molar-refractivity contribution in [2.24, 2.45) is 26.1 Å². The van der Waals surface area contributed by atoms with Gasteiger partial charge < -0.3 is 45.6 Å². The summed E-state index contributed by atoms with van der Waals surface area (Å²) in [5.41, 5.74) is 2.22. The average molecular weight is 630 g/mol. The highest BCUT2D eigenvalue weighted by Crippen LogP contribution is 2.20. The zero-order valence-corrected chi connectivity index (χ0v) is 25.0. The lowest BCUT2D eigenvalue weighted by atomic mass is 10.3. The summed E-state index contributed by atoms with van der Waals surface area (Å²) in [6.07, 6.45) is 4.84. The predicted octanol–water partition coefficient (Wildman–Crippen LogP) is 1.58. The third kappa shape index (κ3) is 7.88. The molecule has 0 radical (unpaired) electrons. The summed E-state index contributed by atoms with van der Waals surface area (Å²) in [6.45, 7) is 4.37. The number of nitrogens with zero attached hydrogens (tertiary/aromatic N) is 4. The minimum Gasteiger partial charge on any atom is -0.359 e. The molecule has 0 unspecified atom stereocenters.